The summed E-state index contributed by atoms with van der Waals surface area (Å²) in [4.78, 5) is 13.7. The highest BCUT2D eigenvalue weighted by atomic mass is 35.5. The molecule has 2 N–H and O–H groups in total. The lowest BCUT2D eigenvalue weighted by Crippen LogP contribution is -2.51. The molecule has 3 aromatic carbocycles. The molecule has 7 rings (SSSR count). The molecule has 0 radical (unpaired) electrons. The number of likely N-dealkylation sites (N-methyl/N-ethyl adjacent to an activating group) is 1. The first-order valence-electron chi connectivity index (χ1n) is 13.8. The van der Waals surface area contributed by atoms with Crippen molar-refractivity contribution in [2.75, 3.05) is 38.2 Å². The number of phenols is 1. The molecule has 4 heterocycles. The van der Waals surface area contributed by atoms with Gasteiger partial charge in [-0.1, -0.05) is 23.7 Å². The molecule has 3 aliphatic rings. The zero-order valence-corrected chi connectivity index (χ0v) is 22.9. The summed E-state index contributed by atoms with van der Waals surface area (Å²) in [6, 6.07) is 9.97. The monoisotopic (exact) mass is 565 g/mol. The summed E-state index contributed by atoms with van der Waals surface area (Å²) in [5.41, 5.74) is 0.192. The third-order valence-corrected chi connectivity index (χ3v) is 8.91. The highest BCUT2D eigenvalue weighted by Crippen LogP contribution is 2.43. The van der Waals surface area contributed by atoms with Crippen molar-refractivity contribution in [3.63, 3.8) is 0 Å². The number of ether oxygens (including phenoxy) is 1. The van der Waals surface area contributed by atoms with Crippen LogP contribution in [0, 0.1) is 11.6 Å². The van der Waals surface area contributed by atoms with Gasteiger partial charge in [0.05, 0.1) is 5.02 Å². The number of hydrogen-bond acceptors (Lipinski definition) is 7. The number of anilines is 1. The molecular weight excluding hydrogens is 536 g/mol. The van der Waals surface area contributed by atoms with E-state index in [0.29, 0.717) is 35.3 Å². The number of nitrogens with one attached hydrogen (secondary N) is 1. The number of hydrogen-bond donors (Lipinski definition) is 2. The average Bonchev–Trinajstić information content (AvgIpc) is 3.50. The second-order valence-electron chi connectivity index (χ2n) is 11.2. The molecule has 4 aromatic rings. The largest absolute Gasteiger partial charge is 0.508 e. The summed E-state index contributed by atoms with van der Waals surface area (Å²) in [6.07, 6.45) is 4.28. The topological polar surface area (TPSA) is 73.8 Å². The quantitative estimate of drug-likeness (QED) is 0.331. The van der Waals surface area contributed by atoms with Gasteiger partial charge >= 0.3 is 6.01 Å². The first kappa shape index (κ1) is 25.7. The smallest absolute Gasteiger partial charge is 0.319 e. The van der Waals surface area contributed by atoms with Gasteiger partial charge in [0.2, 0.25) is 0 Å². The Morgan fingerprint density at radius 1 is 1.10 bits per heavy atom. The number of benzene rings is 3. The molecule has 40 heavy (non-hydrogen) atoms. The van der Waals surface area contributed by atoms with Crippen LogP contribution in [0.15, 0.2) is 36.4 Å². The molecule has 0 spiro atoms. The standard InChI is InChI=1S/C30H30ClF2N5O2/c1-37-9-3-5-19(37)15-40-30-35-28-22(29(36-30)38-13-17-7-8-18(14-38)34-17)12-23(31)26(27(28)33)21-11-20(39)10-16-4-2-6-24(32)25(16)21/h2,4,6,10-12,17-19,34,39H,3,5,7-9,13-15H2,1H3/t17?,18?,19-/m0/s1. The first-order chi connectivity index (χ1) is 19.4. The Morgan fingerprint density at radius 3 is 2.65 bits per heavy atom. The van der Waals surface area contributed by atoms with Crippen LogP contribution in [-0.4, -0.2) is 71.4 Å². The third kappa shape index (κ3) is 4.40. The van der Waals surface area contributed by atoms with Gasteiger partial charge in [-0.05, 0) is 68.9 Å². The molecular formula is C30H30ClF2N5O2. The summed E-state index contributed by atoms with van der Waals surface area (Å²) >= 11 is 6.76. The van der Waals surface area contributed by atoms with Gasteiger partial charge in [-0.25, -0.2) is 8.78 Å². The summed E-state index contributed by atoms with van der Waals surface area (Å²) in [6.45, 7) is 2.87. The van der Waals surface area contributed by atoms with E-state index < -0.39 is 11.6 Å². The maximum Gasteiger partial charge on any atom is 0.319 e. The van der Waals surface area contributed by atoms with Crippen LogP contribution < -0.4 is 15.0 Å². The molecule has 0 saturated carbocycles. The number of halogens is 3. The zero-order chi connectivity index (χ0) is 27.5. The molecule has 10 heteroatoms. The number of aromatic hydroxyl groups is 1. The van der Waals surface area contributed by atoms with Crippen molar-refractivity contribution in [2.45, 2.75) is 43.8 Å². The van der Waals surface area contributed by atoms with E-state index in [4.69, 9.17) is 21.3 Å². The van der Waals surface area contributed by atoms with Crippen molar-refractivity contribution in [2.24, 2.45) is 0 Å². The Labute approximate surface area is 235 Å². The van der Waals surface area contributed by atoms with Gasteiger partial charge in [0.1, 0.15) is 29.5 Å². The molecule has 1 aromatic heterocycles. The van der Waals surface area contributed by atoms with Gasteiger partial charge in [-0.3, -0.25) is 0 Å². The van der Waals surface area contributed by atoms with Crippen LogP contribution in [-0.2, 0) is 0 Å². The van der Waals surface area contributed by atoms with E-state index in [1.165, 1.54) is 18.2 Å². The van der Waals surface area contributed by atoms with Gasteiger partial charge in [-0.2, -0.15) is 9.97 Å². The second-order valence-corrected chi connectivity index (χ2v) is 11.6. The maximum atomic E-state index is 16.6. The lowest BCUT2D eigenvalue weighted by molar-refractivity contribution is 0.188. The predicted molar refractivity (Wildman–Crippen MR) is 152 cm³/mol. The Morgan fingerprint density at radius 2 is 1.90 bits per heavy atom. The summed E-state index contributed by atoms with van der Waals surface area (Å²) < 4.78 is 37.8. The lowest BCUT2D eigenvalue weighted by Gasteiger charge is -2.34. The van der Waals surface area contributed by atoms with E-state index in [2.05, 4.69) is 27.1 Å². The number of fused-ring (bicyclic) bond motifs is 4. The number of nitrogens with zero attached hydrogens (tertiary/aromatic N) is 4. The molecule has 0 amide bonds. The van der Waals surface area contributed by atoms with E-state index in [1.807, 2.05) is 0 Å². The van der Waals surface area contributed by atoms with Gasteiger partial charge in [0, 0.05) is 53.1 Å². The second kappa shape index (κ2) is 9.98. The normalized spacial score (nSPS) is 23.0. The molecule has 2 bridgehead atoms. The first-order valence-corrected chi connectivity index (χ1v) is 14.2. The van der Waals surface area contributed by atoms with Crippen LogP contribution >= 0.6 is 11.6 Å². The van der Waals surface area contributed by atoms with E-state index >= 15 is 8.78 Å². The Bertz CT molecular complexity index is 1620. The fraction of sp³-hybridized carbons (Fsp3) is 0.400. The molecule has 7 nitrogen and oxygen atoms in total. The van der Waals surface area contributed by atoms with Crippen molar-refractivity contribution in [3.05, 3.63) is 53.1 Å². The summed E-state index contributed by atoms with van der Waals surface area (Å²) in [5, 5.41) is 15.2. The van der Waals surface area contributed by atoms with E-state index in [-0.39, 0.29) is 44.9 Å². The zero-order valence-electron chi connectivity index (χ0n) is 22.1. The molecule has 3 saturated heterocycles. The number of likely N-dealkylation sites (tertiary alicyclic amines) is 1. The molecule has 3 fully saturated rings. The molecule has 208 valence electrons. The number of piperazine rings is 1. The van der Waals surface area contributed by atoms with Crippen LogP contribution in [0.1, 0.15) is 25.7 Å². The molecule has 0 aliphatic carbocycles. The average molecular weight is 566 g/mol. The van der Waals surface area contributed by atoms with Gasteiger partial charge in [-0.15, -0.1) is 0 Å². The number of rotatable bonds is 5. The minimum Gasteiger partial charge on any atom is -0.508 e. The Hall–Kier alpha value is -3.27. The van der Waals surface area contributed by atoms with E-state index in [0.717, 1.165) is 45.3 Å². The highest BCUT2D eigenvalue weighted by molar-refractivity contribution is 6.35. The Balaban J connectivity index is 1.40. The highest BCUT2D eigenvalue weighted by Gasteiger charge is 2.34. The third-order valence-electron chi connectivity index (χ3n) is 8.61. The van der Waals surface area contributed by atoms with Crippen molar-refractivity contribution in [3.8, 4) is 22.9 Å². The maximum absolute atomic E-state index is 16.6. The Kier molecular flexibility index (Phi) is 6.40. The molecule has 2 unspecified atom stereocenters. The van der Waals surface area contributed by atoms with Crippen molar-refractivity contribution < 1.29 is 18.6 Å². The summed E-state index contributed by atoms with van der Waals surface area (Å²) in [7, 11) is 2.07. The number of phenolic OH excluding ortho intramolecular Hbond substituents is 1. The van der Waals surface area contributed by atoms with Crippen LogP contribution in [0.3, 0.4) is 0 Å². The van der Waals surface area contributed by atoms with Crippen molar-refractivity contribution in [1.29, 1.82) is 0 Å². The van der Waals surface area contributed by atoms with Gasteiger partial charge < -0.3 is 25.0 Å². The number of aromatic nitrogens is 2. The van der Waals surface area contributed by atoms with E-state index in [1.54, 1.807) is 18.2 Å². The molecule has 3 atom stereocenters. The SMILES string of the molecule is CN1CCC[C@H]1COc1nc(N2CC3CCC(C2)N3)c2cc(Cl)c(-c3cc(O)cc4cccc(F)c34)c(F)c2n1. The van der Waals surface area contributed by atoms with Gasteiger partial charge in [0.25, 0.3) is 0 Å². The fourth-order valence-corrected chi connectivity index (χ4v) is 6.90. The fourth-order valence-electron chi connectivity index (χ4n) is 6.61. The van der Waals surface area contributed by atoms with Crippen LogP contribution in [0.5, 0.6) is 11.8 Å². The molecule has 3 aliphatic heterocycles. The van der Waals surface area contributed by atoms with Crippen LogP contribution in [0.4, 0.5) is 14.6 Å². The minimum absolute atomic E-state index is 0.0216. The summed E-state index contributed by atoms with van der Waals surface area (Å²) in [5.74, 6) is -0.778. The van der Waals surface area contributed by atoms with Crippen LogP contribution in [0.2, 0.25) is 5.02 Å². The predicted octanol–water partition coefficient (Wildman–Crippen LogP) is 5.50. The lowest BCUT2D eigenvalue weighted by atomic mass is 9.95. The minimum atomic E-state index is -0.706. The van der Waals surface area contributed by atoms with Crippen LogP contribution in [0.25, 0.3) is 32.8 Å². The van der Waals surface area contributed by atoms with E-state index in [9.17, 15) is 5.11 Å². The van der Waals surface area contributed by atoms with Crippen molar-refractivity contribution in [1.82, 2.24) is 20.2 Å². The van der Waals surface area contributed by atoms with Gasteiger partial charge in [0.15, 0.2) is 5.82 Å². The van der Waals surface area contributed by atoms with Crippen molar-refractivity contribution >= 4 is 39.1 Å².